The fraction of sp³-hybridized carbons (Fsp3) is 0.923. The molecule has 77 valence electrons. The predicted molar refractivity (Wildman–Crippen MR) is 59.6 cm³/mol. The molecule has 0 N–H and O–H groups in total. The zero-order valence-electron chi connectivity index (χ0n) is 9.44. The second-order valence-corrected chi connectivity index (χ2v) is 4.42. The van der Waals surface area contributed by atoms with E-state index in [1.807, 2.05) is 5.92 Å². The van der Waals surface area contributed by atoms with Gasteiger partial charge in [-0.1, -0.05) is 52.4 Å². The molecule has 0 heterocycles. The quantitative estimate of drug-likeness (QED) is 0.577. The summed E-state index contributed by atoms with van der Waals surface area (Å²) in [5, 5.41) is 0. The molecule has 0 aromatic rings. The maximum atomic E-state index is 2.36. The number of hydrogen-bond donors (Lipinski definition) is 0. The van der Waals surface area contributed by atoms with Crippen LogP contribution in [0.5, 0.6) is 0 Å². The van der Waals surface area contributed by atoms with Crippen LogP contribution in [0.25, 0.3) is 0 Å². The fourth-order valence-corrected chi connectivity index (χ4v) is 2.64. The van der Waals surface area contributed by atoms with Crippen LogP contribution in [-0.2, 0) is 0 Å². The normalized spacial score (nSPS) is 27.7. The van der Waals surface area contributed by atoms with Crippen LogP contribution in [0.3, 0.4) is 0 Å². The molecule has 0 bridgehead atoms. The molecule has 0 nitrogen and oxygen atoms in total. The van der Waals surface area contributed by atoms with Crippen molar-refractivity contribution in [3.8, 4) is 0 Å². The van der Waals surface area contributed by atoms with Crippen LogP contribution in [0, 0.1) is 11.8 Å². The van der Waals surface area contributed by atoms with Gasteiger partial charge in [0.2, 0.25) is 0 Å². The summed E-state index contributed by atoms with van der Waals surface area (Å²) in [6.45, 7) is 4.70. The van der Waals surface area contributed by atoms with E-state index in [2.05, 4.69) is 13.8 Å². The Labute approximate surface area is 84.1 Å². The summed E-state index contributed by atoms with van der Waals surface area (Å²) in [5.74, 6) is 2.83. The zero-order chi connectivity index (χ0) is 9.52. The monoisotopic (exact) mass is 181 g/mol. The Morgan fingerprint density at radius 2 is 1.69 bits per heavy atom. The molecular weight excluding hydrogens is 156 g/mol. The molecule has 1 unspecified atom stereocenters. The van der Waals surface area contributed by atoms with Crippen LogP contribution in [-0.4, -0.2) is 0 Å². The highest BCUT2D eigenvalue weighted by Gasteiger charge is 2.18. The summed E-state index contributed by atoms with van der Waals surface area (Å²) >= 11 is 0. The maximum Gasteiger partial charge on any atom is -0.0213 e. The number of rotatable bonds is 2. The Morgan fingerprint density at radius 1 is 1.00 bits per heavy atom. The highest BCUT2D eigenvalue weighted by Crippen LogP contribution is 2.33. The van der Waals surface area contributed by atoms with E-state index < -0.39 is 0 Å². The van der Waals surface area contributed by atoms with Gasteiger partial charge in [-0.25, -0.2) is 0 Å². The fourth-order valence-electron chi connectivity index (χ4n) is 2.64. The molecule has 1 saturated carbocycles. The van der Waals surface area contributed by atoms with Crippen molar-refractivity contribution in [1.82, 2.24) is 0 Å². The van der Waals surface area contributed by atoms with E-state index >= 15 is 0 Å². The minimum Gasteiger partial charge on any atom is -0.0651 e. The van der Waals surface area contributed by atoms with Crippen molar-refractivity contribution in [3.63, 3.8) is 0 Å². The second-order valence-electron chi connectivity index (χ2n) is 4.42. The molecule has 1 fully saturated rings. The van der Waals surface area contributed by atoms with Gasteiger partial charge in [0.25, 0.3) is 0 Å². The largest absolute Gasteiger partial charge is 0.0651 e. The molecule has 1 aliphatic carbocycles. The first-order valence-electron chi connectivity index (χ1n) is 6.23. The standard InChI is InChI=1S/C13H25/c1-3-12-10-8-6-5-7-9-11-13(12)4-2/h12H,3-11H2,1-2H3. The molecule has 1 atom stereocenters. The highest BCUT2D eigenvalue weighted by atomic mass is 14.2. The lowest BCUT2D eigenvalue weighted by Gasteiger charge is -2.23. The third-order valence-corrected chi connectivity index (χ3v) is 3.57. The van der Waals surface area contributed by atoms with Gasteiger partial charge in [-0.3, -0.25) is 0 Å². The van der Waals surface area contributed by atoms with E-state index in [1.54, 1.807) is 0 Å². The summed E-state index contributed by atoms with van der Waals surface area (Å²) in [4.78, 5) is 0. The van der Waals surface area contributed by atoms with Gasteiger partial charge in [-0.2, -0.15) is 0 Å². The van der Waals surface area contributed by atoms with Gasteiger partial charge in [0.15, 0.2) is 0 Å². The van der Waals surface area contributed by atoms with Gasteiger partial charge < -0.3 is 0 Å². The first kappa shape index (κ1) is 11.1. The van der Waals surface area contributed by atoms with Crippen molar-refractivity contribution in [2.75, 3.05) is 0 Å². The van der Waals surface area contributed by atoms with Crippen molar-refractivity contribution in [1.29, 1.82) is 0 Å². The second kappa shape index (κ2) is 6.45. The minimum absolute atomic E-state index is 0.961. The average Bonchev–Trinajstić information content (AvgIpc) is 2.28. The van der Waals surface area contributed by atoms with Crippen LogP contribution >= 0.6 is 0 Å². The maximum absolute atomic E-state index is 2.36. The Kier molecular flexibility index (Phi) is 5.50. The van der Waals surface area contributed by atoms with E-state index in [-0.39, 0.29) is 0 Å². The summed E-state index contributed by atoms with van der Waals surface area (Å²) in [6.07, 6.45) is 13.0. The molecule has 0 spiro atoms. The summed E-state index contributed by atoms with van der Waals surface area (Å²) < 4.78 is 0. The molecular formula is C13H25. The van der Waals surface area contributed by atoms with E-state index in [0.717, 1.165) is 5.92 Å². The van der Waals surface area contributed by atoms with Gasteiger partial charge in [-0.05, 0) is 31.1 Å². The summed E-state index contributed by atoms with van der Waals surface area (Å²) in [5.41, 5.74) is 0. The van der Waals surface area contributed by atoms with E-state index in [1.165, 1.54) is 57.8 Å². The minimum atomic E-state index is 0.961. The highest BCUT2D eigenvalue weighted by molar-refractivity contribution is 4.95. The molecule has 0 saturated heterocycles. The first-order valence-corrected chi connectivity index (χ1v) is 6.23. The Balaban J connectivity index is 2.42. The Hall–Kier alpha value is 0. The topological polar surface area (TPSA) is 0 Å². The van der Waals surface area contributed by atoms with Gasteiger partial charge in [-0.15, -0.1) is 0 Å². The van der Waals surface area contributed by atoms with Gasteiger partial charge in [0.05, 0.1) is 0 Å². The SMILES string of the molecule is CC[C]1CCCCCCCC1CC. The molecule has 1 aliphatic rings. The lowest BCUT2D eigenvalue weighted by molar-refractivity contribution is 0.433. The molecule has 0 aromatic carbocycles. The third kappa shape index (κ3) is 3.70. The molecule has 13 heavy (non-hydrogen) atoms. The zero-order valence-corrected chi connectivity index (χ0v) is 9.44. The Bertz CT molecular complexity index is 103. The van der Waals surface area contributed by atoms with Crippen LogP contribution < -0.4 is 0 Å². The molecule has 0 amide bonds. The van der Waals surface area contributed by atoms with Crippen LogP contribution in [0.1, 0.15) is 71.6 Å². The smallest absolute Gasteiger partial charge is 0.0213 e. The summed E-state index contributed by atoms with van der Waals surface area (Å²) in [6, 6.07) is 0. The summed E-state index contributed by atoms with van der Waals surface area (Å²) in [7, 11) is 0. The predicted octanol–water partition coefficient (Wildman–Crippen LogP) is 4.74. The van der Waals surface area contributed by atoms with Crippen molar-refractivity contribution in [2.45, 2.75) is 71.6 Å². The van der Waals surface area contributed by atoms with E-state index in [0.29, 0.717) is 0 Å². The lowest BCUT2D eigenvalue weighted by Crippen LogP contribution is -2.10. The number of hydrogen-bond acceptors (Lipinski definition) is 0. The van der Waals surface area contributed by atoms with Crippen molar-refractivity contribution < 1.29 is 0 Å². The molecule has 0 aliphatic heterocycles. The molecule has 0 aromatic heterocycles. The van der Waals surface area contributed by atoms with Gasteiger partial charge in [0, 0.05) is 0 Å². The third-order valence-electron chi connectivity index (χ3n) is 3.57. The van der Waals surface area contributed by atoms with Gasteiger partial charge in [0.1, 0.15) is 0 Å². The average molecular weight is 181 g/mol. The molecule has 0 heteroatoms. The van der Waals surface area contributed by atoms with Gasteiger partial charge >= 0.3 is 0 Å². The van der Waals surface area contributed by atoms with Crippen molar-refractivity contribution in [2.24, 2.45) is 5.92 Å². The Morgan fingerprint density at radius 3 is 2.38 bits per heavy atom. The van der Waals surface area contributed by atoms with Crippen molar-refractivity contribution >= 4 is 0 Å². The molecule has 1 radical (unpaired) electrons. The van der Waals surface area contributed by atoms with E-state index in [9.17, 15) is 0 Å². The van der Waals surface area contributed by atoms with Crippen LogP contribution in [0.2, 0.25) is 0 Å². The molecule has 1 rings (SSSR count). The first-order chi connectivity index (χ1) is 6.38. The van der Waals surface area contributed by atoms with Crippen LogP contribution in [0.4, 0.5) is 0 Å². The lowest BCUT2D eigenvalue weighted by atomic mass is 9.82. The van der Waals surface area contributed by atoms with E-state index in [4.69, 9.17) is 0 Å². The van der Waals surface area contributed by atoms with Crippen molar-refractivity contribution in [3.05, 3.63) is 5.92 Å². The van der Waals surface area contributed by atoms with Crippen LogP contribution in [0.15, 0.2) is 0 Å².